The molecule has 1 aliphatic carbocycles. The van der Waals surface area contributed by atoms with Crippen molar-refractivity contribution in [3.05, 3.63) is 35.5 Å². The van der Waals surface area contributed by atoms with Gasteiger partial charge in [0.25, 0.3) is 0 Å². The number of rotatable bonds is 2. The number of H-pyrrole nitrogens is 1. The van der Waals surface area contributed by atoms with Gasteiger partial charge in [0.15, 0.2) is 5.78 Å². The molecule has 2 heteroatoms. The summed E-state index contributed by atoms with van der Waals surface area (Å²) in [5.41, 5.74) is 3.14. The lowest BCUT2D eigenvalue weighted by Crippen LogP contribution is -2.21. The van der Waals surface area contributed by atoms with Gasteiger partial charge in [-0.1, -0.05) is 18.1 Å². The van der Waals surface area contributed by atoms with Crippen molar-refractivity contribution in [1.82, 2.24) is 4.98 Å². The molecular formula is C14H15NO. The van der Waals surface area contributed by atoms with Gasteiger partial charge in [0, 0.05) is 28.6 Å². The Hall–Kier alpha value is -1.57. The molecule has 16 heavy (non-hydrogen) atoms. The number of aromatic nitrogens is 1. The van der Waals surface area contributed by atoms with Crippen molar-refractivity contribution < 1.29 is 4.79 Å². The number of benzene rings is 1. The third-order valence-electron chi connectivity index (χ3n) is 3.58. The first-order valence-electron chi connectivity index (χ1n) is 5.87. The molecule has 82 valence electrons. The number of aromatic amines is 1. The smallest absolute Gasteiger partial charge is 0.168 e. The Kier molecular flexibility index (Phi) is 2.10. The van der Waals surface area contributed by atoms with Crippen molar-refractivity contribution in [2.75, 3.05) is 0 Å². The van der Waals surface area contributed by atoms with Gasteiger partial charge in [-0.2, -0.15) is 0 Å². The van der Waals surface area contributed by atoms with Crippen LogP contribution in [0.1, 0.15) is 35.2 Å². The normalized spacial score (nSPS) is 16.3. The first-order valence-corrected chi connectivity index (χ1v) is 5.87. The number of nitrogens with one attached hydrogen (secondary N) is 1. The quantitative estimate of drug-likeness (QED) is 0.761. The standard InChI is InChI=1S/C14H15NO/c1-9-5-6-13-11(7-9)12(8-15-13)14(16)10-3-2-4-10/h5-8,10,15H,2-4H2,1H3. The van der Waals surface area contributed by atoms with E-state index in [1.165, 1.54) is 12.0 Å². The lowest BCUT2D eigenvalue weighted by Gasteiger charge is -2.23. The SMILES string of the molecule is Cc1ccc2[nH]cc(C(=O)C3CCC3)c2c1. The number of Topliss-reactive ketones (excluding diaryl/α,β-unsaturated/α-hetero) is 1. The van der Waals surface area contributed by atoms with Crippen molar-refractivity contribution in [2.45, 2.75) is 26.2 Å². The van der Waals surface area contributed by atoms with E-state index in [4.69, 9.17) is 0 Å². The molecular weight excluding hydrogens is 198 g/mol. The van der Waals surface area contributed by atoms with E-state index in [1.807, 2.05) is 12.3 Å². The molecule has 0 atom stereocenters. The van der Waals surface area contributed by atoms with Crippen LogP contribution in [-0.4, -0.2) is 10.8 Å². The monoisotopic (exact) mass is 213 g/mol. The zero-order chi connectivity index (χ0) is 11.1. The van der Waals surface area contributed by atoms with E-state index >= 15 is 0 Å². The van der Waals surface area contributed by atoms with Crippen LogP contribution in [0.4, 0.5) is 0 Å². The van der Waals surface area contributed by atoms with Crippen LogP contribution in [0.15, 0.2) is 24.4 Å². The fourth-order valence-corrected chi connectivity index (χ4v) is 2.33. The maximum Gasteiger partial charge on any atom is 0.168 e. The van der Waals surface area contributed by atoms with Crippen molar-refractivity contribution >= 4 is 16.7 Å². The summed E-state index contributed by atoms with van der Waals surface area (Å²) in [7, 11) is 0. The molecule has 2 nitrogen and oxygen atoms in total. The van der Waals surface area contributed by atoms with Crippen LogP contribution in [0, 0.1) is 12.8 Å². The van der Waals surface area contributed by atoms with E-state index < -0.39 is 0 Å². The summed E-state index contributed by atoms with van der Waals surface area (Å²) in [6.07, 6.45) is 5.21. The van der Waals surface area contributed by atoms with Crippen LogP contribution < -0.4 is 0 Å². The second-order valence-corrected chi connectivity index (χ2v) is 4.74. The number of carbonyl (C=O) groups excluding carboxylic acids is 1. The van der Waals surface area contributed by atoms with Gasteiger partial charge in [-0.25, -0.2) is 0 Å². The van der Waals surface area contributed by atoms with E-state index in [1.54, 1.807) is 0 Å². The van der Waals surface area contributed by atoms with Gasteiger partial charge in [-0.15, -0.1) is 0 Å². The van der Waals surface area contributed by atoms with E-state index in [2.05, 4.69) is 24.0 Å². The molecule has 0 spiro atoms. The molecule has 3 rings (SSSR count). The number of fused-ring (bicyclic) bond motifs is 1. The molecule has 0 bridgehead atoms. The number of hydrogen-bond acceptors (Lipinski definition) is 1. The summed E-state index contributed by atoms with van der Waals surface area (Å²) >= 11 is 0. The Labute approximate surface area is 94.7 Å². The minimum Gasteiger partial charge on any atom is -0.360 e. The second-order valence-electron chi connectivity index (χ2n) is 4.74. The Bertz CT molecular complexity index is 549. The van der Waals surface area contributed by atoms with E-state index in [-0.39, 0.29) is 5.92 Å². The Morgan fingerprint density at radius 2 is 2.19 bits per heavy atom. The molecule has 0 radical (unpaired) electrons. The van der Waals surface area contributed by atoms with Crippen LogP contribution in [0.2, 0.25) is 0 Å². The van der Waals surface area contributed by atoms with E-state index in [9.17, 15) is 4.79 Å². The van der Waals surface area contributed by atoms with Gasteiger partial charge in [-0.3, -0.25) is 4.79 Å². The highest BCUT2D eigenvalue weighted by molar-refractivity contribution is 6.09. The zero-order valence-corrected chi connectivity index (χ0v) is 9.42. The summed E-state index contributed by atoms with van der Waals surface area (Å²) in [6.45, 7) is 2.06. The molecule has 1 fully saturated rings. The minimum atomic E-state index is 0.277. The molecule has 0 unspecified atom stereocenters. The minimum absolute atomic E-state index is 0.277. The van der Waals surface area contributed by atoms with Crippen LogP contribution in [0.25, 0.3) is 10.9 Å². The molecule has 1 aromatic carbocycles. The van der Waals surface area contributed by atoms with Gasteiger partial charge in [0.2, 0.25) is 0 Å². The first kappa shape index (κ1) is 9.64. The molecule has 1 aliphatic rings. The number of ketones is 1. The fourth-order valence-electron chi connectivity index (χ4n) is 2.33. The molecule has 0 saturated heterocycles. The molecule has 0 aliphatic heterocycles. The molecule has 2 aromatic rings. The van der Waals surface area contributed by atoms with Crippen molar-refractivity contribution in [3.8, 4) is 0 Å². The van der Waals surface area contributed by atoms with Gasteiger partial charge >= 0.3 is 0 Å². The lowest BCUT2D eigenvalue weighted by atomic mass is 9.80. The Balaban J connectivity index is 2.08. The molecule has 1 aromatic heterocycles. The fraction of sp³-hybridized carbons (Fsp3) is 0.357. The number of hydrogen-bond donors (Lipinski definition) is 1. The average Bonchev–Trinajstić information content (AvgIpc) is 2.57. The summed E-state index contributed by atoms with van der Waals surface area (Å²) in [5.74, 6) is 0.600. The maximum atomic E-state index is 12.2. The Morgan fingerprint density at radius 1 is 1.38 bits per heavy atom. The third-order valence-corrected chi connectivity index (χ3v) is 3.58. The van der Waals surface area contributed by atoms with Gasteiger partial charge in [0.1, 0.15) is 0 Å². The van der Waals surface area contributed by atoms with E-state index in [0.717, 1.165) is 29.3 Å². The van der Waals surface area contributed by atoms with Gasteiger partial charge in [-0.05, 0) is 31.9 Å². The van der Waals surface area contributed by atoms with Crippen molar-refractivity contribution in [1.29, 1.82) is 0 Å². The summed E-state index contributed by atoms with van der Waals surface area (Å²) in [5, 5.41) is 1.08. The second kappa shape index (κ2) is 3.48. The maximum absolute atomic E-state index is 12.2. The lowest BCUT2D eigenvalue weighted by molar-refractivity contribution is 0.0857. The molecule has 1 saturated carbocycles. The number of aryl methyl sites for hydroxylation is 1. The Morgan fingerprint density at radius 3 is 2.88 bits per heavy atom. The van der Waals surface area contributed by atoms with Crippen LogP contribution in [0.5, 0.6) is 0 Å². The molecule has 1 N–H and O–H groups in total. The summed E-state index contributed by atoms with van der Waals surface area (Å²) in [4.78, 5) is 15.4. The van der Waals surface area contributed by atoms with Gasteiger partial charge in [0.05, 0.1) is 0 Å². The van der Waals surface area contributed by atoms with Crippen LogP contribution in [0.3, 0.4) is 0 Å². The zero-order valence-electron chi connectivity index (χ0n) is 9.42. The number of carbonyl (C=O) groups is 1. The average molecular weight is 213 g/mol. The van der Waals surface area contributed by atoms with Crippen molar-refractivity contribution in [3.63, 3.8) is 0 Å². The molecule has 1 heterocycles. The van der Waals surface area contributed by atoms with Crippen molar-refractivity contribution in [2.24, 2.45) is 5.92 Å². The van der Waals surface area contributed by atoms with Crippen LogP contribution >= 0.6 is 0 Å². The highest BCUT2D eigenvalue weighted by atomic mass is 16.1. The largest absolute Gasteiger partial charge is 0.360 e. The van der Waals surface area contributed by atoms with Crippen LogP contribution in [-0.2, 0) is 0 Å². The predicted octanol–water partition coefficient (Wildman–Crippen LogP) is 3.46. The predicted molar refractivity (Wildman–Crippen MR) is 64.7 cm³/mol. The van der Waals surface area contributed by atoms with Gasteiger partial charge < -0.3 is 4.98 Å². The molecule has 0 amide bonds. The third kappa shape index (κ3) is 1.37. The highest BCUT2D eigenvalue weighted by Crippen LogP contribution is 2.32. The summed E-state index contributed by atoms with van der Waals surface area (Å²) in [6, 6.07) is 6.20. The first-order chi connectivity index (χ1) is 7.75. The highest BCUT2D eigenvalue weighted by Gasteiger charge is 2.27. The summed E-state index contributed by atoms with van der Waals surface area (Å²) < 4.78 is 0. The topological polar surface area (TPSA) is 32.9 Å². The van der Waals surface area contributed by atoms with E-state index in [0.29, 0.717) is 5.78 Å².